The van der Waals surface area contributed by atoms with Crippen molar-refractivity contribution in [3.63, 3.8) is 0 Å². The highest BCUT2D eigenvalue weighted by molar-refractivity contribution is 6.39. The Morgan fingerprint density at radius 2 is 1.88 bits per heavy atom. The van der Waals surface area contributed by atoms with Crippen LogP contribution in [0.25, 0.3) is 11.3 Å². The first-order valence-electron chi connectivity index (χ1n) is 4.59. The molecular weight excluding hydrogens is 263 g/mol. The molecule has 86 valence electrons. The van der Waals surface area contributed by atoms with E-state index < -0.39 is 5.97 Å². The van der Waals surface area contributed by atoms with Crippen LogP contribution in [-0.4, -0.2) is 21.0 Å². The summed E-state index contributed by atoms with van der Waals surface area (Å²) in [6, 6.07) is 4.92. The Hall–Kier alpha value is -1.65. The highest BCUT2D eigenvalue weighted by Gasteiger charge is 2.17. The first-order chi connectivity index (χ1) is 8.11. The van der Waals surface area contributed by atoms with Crippen LogP contribution in [0.2, 0.25) is 10.0 Å². The van der Waals surface area contributed by atoms with Crippen LogP contribution in [0.1, 0.15) is 10.4 Å². The molecule has 0 saturated carbocycles. The predicted octanol–water partition coefficient (Wildman–Crippen LogP) is 3.15. The first kappa shape index (κ1) is 11.8. The van der Waals surface area contributed by atoms with Crippen LogP contribution in [0.15, 0.2) is 30.7 Å². The van der Waals surface area contributed by atoms with Gasteiger partial charge in [-0.25, -0.2) is 14.8 Å². The van der Waals surface area contributed by atoms with E-state index in [2.05, 4.69) is 9.97 Å². The minimum atomic E-state index is -1.13. The lowest BCUT2D eigenvalue weighted by Gasteiger charge is -2.08. The van der Waals surface area contributed by atoms with Crippen molar-refractivity contribution in [3.8, 4) is 11.3 Å². The third kappa shape index (κ3) is 2.23. The third-order valence-electron chi connectivity index (χ3n) is 2.14. The number of aromatic carboxylic acids is 1. The number of carbonyl (C=O) groups is 1. The fraction of sp³-hybridized carbons (Fsp3) is 0. The van der Waals surface area contributed by atoms with E-state index in [1.54, 1.807) is 18.2 Å². The Labute approximate surface area is 107 Å². The van der Waals surface area contributed by atoms with Crippen LogP contribution in [0.5, 0.6) is 0 Å². The number of nitrogens with zero attached hydrogens (tertiary/aromatic N) is 2. The van der Waals surface area contributed by atoms with Gasteiger partial charge in [0.25, 0.3) is 0 Å². The van der Waals surface area contributed by atoms with Crippen molar-refractivity contribution in [2.75, 3.05) is 0 Å². The highest BCUT2D eigenvalue weighted by Crippen LogP contribution is 2.34. The molecule has 6 heteroatoms. The van der Waals surface area contributed by atoms with E-state index in [-0.39, 0.29) is 11.3 Å². The molecule has 17 heavy (non-hydrogen) atoms. The van der Waals surface area contributed by atoms with E-state index in [4.69, 9.17) is 28.3 Å². The number of rotatable bonds is 2. The summed E-state index contributed by atoms with van der Waals surface area (Å²) >= 11 is 12.0. The monoisotopic (exact) mass is 268 g/mol. The molecule has 0 aliphatic heterocycles. The molecule has 0 unspecified atom stereocenters. The van der Waals surface area contributed by atoms with Crippen molar-refractivity contribution in [1.29, 1.82) is 0 Å². The number of hydrogen-bond acceptors (Lipinski definition) is 3. The molecule has 2 rings (SSSR count). The molecule has 0 radical (unpaired) electrons. The summed E-state index contributed by atoms with van der Waals surface area (Å²) in [6.45, 7) is 0. The second-order valence-corrected chi connectivity index (χ2v) is 4.00. The number of benzene rings is 1. The summed E-state index contributed by atoms with van der Waals surface area (Å²) in [6.07, 6.45) is 2.46. The lowest BCUT2D eigenvalue weighted by Crippen LogP contribution is -2.03. The molecule has 0 spiro atoms. The Morgan fingerprint density at radius 3 is 2.47 bits per heavy atom. The first-order valence-corrected chi connectivity index (χ1v) is 5.34. The number of halogens is 2. The van der Waals surface area contributed by atoms with E-state index >= 15 is 0 Å². The molecule has 0 fully saturated rings. The lowest BCUT2D eigenvalue weighted by atomic mass is 10.1. The molecule has 4 nitrogen and oxygen atoms in total. The van der Waals surface area contributed by atoms with E-state index in [0.717, 1.165) is 0 Å². The number of carboxylic acid groups (broad SMARTS) is 1. The van der Waals surface area contributed by atoms with Crippen molar-refractivity contribution < 1.29 is 9.90 Å². The molecule has 1 N–H and O–H groups in total. The standard InChI is InChI=1S/C11H6Cl2N2O2/c12-7-2-1-3-8(13)9(7)10-6(11(16)17)4-14-5-15-10/h1-5H,(H,16,17). The van der Waals surface area contributed by atoms with Gasteiger partial charge >= 0.3 is 5.97 Å². The van der Waals surface area contributed by atoms with Gasteiger partial charge in [0.05, 0.1) is 15.7 Å². The van der Waals surface area contributed by atoms with Crippen molar-refractivity contribution in [3.05, 3.63) is 46.3 Å². The summed E-state index contributed by atoms with van der Waals surface area (Å²) in [5.74, 6) is -1.13. The average molecular weight is 269 g/mol. The zero-order valence-electron chi connectivity index (χ0n) is 8.39. The van der Waals surface area contributed by atoms with Crippen molar-refractivity contribution in [2.45, 2.75) is 0 Å². The number of hydrogen-bond donors (Lipinski definition) is 1. The van der Waals surface area contributed by atoms with Gasteiger partial charge in [-0.2, -0.15) is 0 Å². The van der Waals surface area contributed by atoms with Gasteiger partial charge in [0.15, 0.2) is 0 Å². The normalized spacial score (nSPS) is 10.2. The van der Waals surface area contributed by atoms with Gasteiger partial charge in [-0.1, -0.05) is 29.3 Å². The molecule has 0 saturated heterocycles. The van der Waals surface area contributed by atoms with Crippen LogP contribution in [0, 0.1) is 0 Å². The third-order valence-corrected chi connectivity index (χ3v) is 2.77. The second-order valence-electron chi connectivity index (χ2n) is 3.19. The van der Waals surface area contributed by atoms with E-state index in [9.17, 15) is 4.79 Å². The zero-order valence-corrected chi connectivity index (χ0v) is 9.90. The molecule has 1 aromatic heterocycles. The van der Waals surface area contributed by atoms with Gasteiger partial charge in [-0.3, -0.25) is 0 Å². The maximum atomic E-state index is 11.1. The molecule has 1 heterocycles. The molecule has 0 aliphatic rings. The molecule has 0 amide bonds. The molecule has 0 atom stereocenters. The van der Waals surface area contributed by atoms with E-state index in [1.165, 1.54) is 12.5 Å². The summed E-state index contributed by atoms with van der Waals surface area (Å²) < 4.78 is 0. The van der Waals surface area contributed by atoms with Crippen LogP contribution < -0.4 is 0 Å². The van der Waals surface area contributed by atoms with Crippen molar-refractivity contribution in [2.24, 2.45) is 0 Å². The van der Waals surface area contributed by atoms with E-state index in [0.29, 0.717) is 15.6 Å². The largest absolute Gasteiger partial charge is 0.478 e. The lowest BCUT2D eigenvalue weighted by molar-refractivity contribution is 0.0697. The fourth-order valence-electron chi connectivity index (χ4n) is 1.41. The summed E-state index contributed by atoms with van der Waals surface area (Å²) in [5, 5.41) is 9.73. The average Bonchev–Trinajstić information content (AvgIpc) is 2.29. The quantitative estimate of drug-likeness (QED) is 0.909. The second kappa shape index (κ2) is 4.69. The molecule has 0 aliphatic carbocycles. The number of carboxylic acids is 1. The SMILES string of the molecule is O=C(O)c1cncnc1-c1c(Cl)cccc1Cl. The minimum absolute atomic E-state index is 0.0394. The van der Waals surface area contributed by atoms with Gasteiger partial charge in [0.2, 0.25) is 0 Å². The van der Waals surface area contributed by atoms with Crippen LogP contribution in [0.3, 0.4) is 0 Å². The molecule has 2 aromatic rings. The van der Waals surface area contributed by atoms with E-state index in [1.807, 2.05) is 0 Å². The predicted molar refractivity (Wildman–Crippen MR) is 64.4 cm³/mol. The fourth-order valence-corrected chi connectivity index (χ4v) is 1.99. The van der Waals surface area contributed by atoms with Gasteiger partial charge in [0, 0.05) is 11.8 Å². The molecule has 1 aromatic carbocycles. The van der Waals surface area contributed by atoms with Gasteiger partial charge in [0.1, 0.15) is 11.9 Å². The van der Waals surface area contributed by atoms with Crippen molar-refractivity contribution >= 4 is 29.2 Å². The van der Waals surface area contributed by atoms with Crippen LogP contribution in [0.4, 0.5) is 0 Å². The van der Waals surface area contributed by atoms with Crippen LogP contribution >= 0.6 is 23.2 Å². The zero-order chi connectivity index (χ0) is 12.4. The maximum absolute atomic E-state index is 11.1. The Bertz CT molecular complexity index is 567. The van der Waals surface area contributed by atoms with Crippen LogP contribution in [-0.2, 0) is 0 Å². The van der Waals surface area contributed by atoms with Gasteiger partial charge in [-0.05, 0) is 12.1 Å². The van der Waals surface area contributed by atoms with Gasteiger partial charge in [-0.15, -0.1) is 0 Å². The maximum Gasteiger partial charge on any atom is 0.339 e. The summed E-state index contributed by atoms with van der Waals surface area (Å²) in [7, 11) is 0. The smallest absolute Gasteiger partial charge is 0.339 e. The molecule has 0 bridgehead atoms. The van der Waals surface area contributed by atoms with Crippen molar-refractivity contribution in [1.82, 2.24) is 9.97 Å². The highest BCUT2D eigenvalue weighted by atomic mass is 35.5. The van der Waals surface area contributed by atoms with Gasteiger partial charge < -0.3 is 5.11 Å². The Kier molecular flexibility index (Phi) is 3.26. The summed E-state index contributed by atoms with van der Waals surface area (Å²) in [4.78, 5) is 18.7. The summed E-state index contributed by atoms with van der Waals surface area (Å²) in [5.41, 5.74) is 0.571. The minimum Gasteiger partial charge on any atom is -0.478 e. The Balaban J connectivity index is 2.73. The topological polar surface area (TPSA) is 63.1 Å². The Morgan fingerprint density at radius 1 is 1.24 bits per heavy atom. The number of aromatic nitrogens is 2. The molecular formula is C11H6Cl2N2O2.